The number of pyridine rings is 1. The second-order valence-corrected chi connectivity index (χ2v) is 7.73. The van der Waals surface area contributed by atoms with E-state index >= 15 is 0 Å². The first-order valence-corrected chi connectivity index (χ1v) is 10.2. The van der Waals surface area contributed by atoms with Gasteiger partial charge in [0.1, 0.15) is 6.61 Å². The third kappa shape index (κ3) is 4.68. The van der Waals surface area contributed by atoms with Gasteiger partial charge in [0.05, 0.1) is 41.6 Å². The fourth-order valence-corrected chi connectivity index (χ4v) is 3.16. The van der Waals surface area contributed by atoms with Crippen molar-refractivity contribution in [1.29, 1.82) is 0 Å². The normalized spacial score (nSPS) is 14.1. The van der Waals surface area contributed by atoms with Gasteiger partial charge >= 0.3 is 18.0 Å². The van der Waals surface area contributed by atoms with E-state index in [4.69, 9.17) is 9.47 Å². The van der Waals surface area contributed by atoms with Gasteiger partial charge in [0, 0.05) is 11.7 Å². The second kappa shape index (κ2) is 9.15. The zero-order chi connectivity index (χ0) is 22.7. The van der Waals surface area contributed by atoms with Gasteiger partial charge in [-0.2, -0.15) is 5.10 Å². The summed E-state index contributed by atoms with van der Waals surface area (Å²) >= 11 is 0. The van der Waals surface area contributed by atoms with E-state index in [1.165, 1.54) is 0 Å². The summed E-state index contributed by atoms with van der Waals surface area (Å²) in [5, 5.41) is 9.98. The van der Waals surface area contributed by atoms with E-state index in [0.717, 1.165) is 5.69 Å². The molecule has 3 rings (SSSR count). The largest absolute Gasteiger partial charge is 0.463 e. The highest BCUT2D eigenvalue weighted by molar-refractivity contribution is 6.03. The lowest BCUT2D eigenvalue weighted by Crippen LogP contribution is -2.45. The van der Waals surface area contributed by atoms with Crippen LogP contribution in [0.15, 0.2) is 23.5 Å². The number of ether oxygens (including phenoxy) is 2. The summed E-state index contributed by atoms with van der Waals surface area (Å²) in [5.41, 5.74) is 2.09. The molecule has 0 aliphatic carbocycles. The third-order valence-corrected chi connectivity index (χ3v) is 4.81. The topological polar surface area (TPSA) is 124 Å². The lowest BCUT2D eigenvalue weighted by molar-refractivity contribution is -0.138. The summed E-state index contributed by atoms with van der Waals surface area (Å²) in [7, 11) is 0. The molecule has 10 nitrogen and oxygen atoms in total. The standard InChI is InChI=1S/C21H27N5O5/c1-6-30-20(28)15-8-22-21(29)25-17(15)10-31-19(27)13-7-16(11(2)3)24-18-14(13)9-23-26(18)12(4)5/h7,9,11-12H,6,8,10H2,1-5H3,(H2,22,25,29). The minimum absolute atomic E-state index is 0.00426. The van der Waals surface area contributed by atoms with Crippen LogP contribution in [0.2, 0.25) is 0 Å². The zero-order valence-electron chi connectivity index (χ0n) is 18.3. The number of nitrogens with zero attached hydrogens (tertiary/aromatic N) is 3. The summed E-state index contributed by atoms with van der Waals surface area (Å²) in [4.78, 5) is 41.5. The van der Waals surface area contributed by atoms with Crippen molar-refractivity contribution in [2.24, 2.45) is 0 Å². The smallest absolute Gasteiger partial charge is 0.339 e. The van der Waals surface area contributed by atoms with Gasteiger partial charge in [0.15, 0.2) is 5.65 Å². The summed E-state index contributed by atoms with van der Waals surface area (Å²) in [6, 6.07) is 1.28. The van der Waals surface area contributed by atoms with Gasteiger partial charge in [-0.1, -0.05) is 13.8 Å². The van der Waals surface area contributed by atoms with Crippen molar-refractivity contribution in [3.8, 4) is 0 Å². The first-order valence-electron chi connectivity index (χ1n) is 10.2. The van der Waals surface area contributed by atoms with Crippen molar-refractivity contribution < 1.29 is 23.9 Å². The van der Waals surface area contributed by atoms with Crippen LogP contribution in [0.1, 0.15) is 62.6 Å². The lowest BCUT2D eigenvalue weighted by atomic mass is 10.1. The monoisotopic (exact) mass is 429 g/mol. The number of urea groups is 1. The first-order chi connectivity index (χ1) is 14.7. The average molecular weight is 429 g/mol. The van der Waals surface area contributed by atoms with Crippen LogP contribution in [0.3, 0.4) is 0 Å². The van der Waals surface area contributed by atoms with Crippen LogP contribution in [0.25, 0.3) is 11.0 Å². The maximum Gasteiger partial charge on any atom is 0.339 e. The van der Waals surface area contributed by atoms with E-state index in [9.17, 15) is 14.4 Å². The minimum Gasteiger partial charge on any atom is -0.463 e. The first kappa shape index (κ1) is 22.3. The Labute approximate surface area is 180 Å². The Bertz CT molecular complexity index is 1050. The Morgan fingerprint density at radius 3 is 2.58 bits per heavy atom. The Hall–Kier alpha value is -3.43. The van der Waals surface area contributed by atoms with Crippen molar-refractivity contribution in [1.82, 2.24) is 25.4 Å². The van der Waals surface area contributed by atoms with Crippen LogP contribution in [-0.2, 0) is 14.3 Å². The SMILES string of the molecule is CCOC(=O)C1=C(COC(=O)c2cc(C(C)C)nc3c2cnn3C(C)C)NC(=O)NC1. The highest BCUT2D eigenvalue weighted by Crippen LogP contribution is 2.25. The molecule has 2 aromatic rings. The molecule has 0 fully saturated rings. The van der Waals surface area contributed by atoms with E-state index in [2.05, 4.69) is 20.7 Å². The molecule has 0 bridgehead atoms. The fourth-order valence-electron chi connectivity index (χ4n) is 3.16. The van der Waals surface area contributed by atoms with Crippen LogP contribution in [0.5, 0.6) is 0 Å². The van der Waals surface area contributed by atoms with Gasteiger partial charge in [-0.15, -0.1) is 0 Å². The summed E-state index contributed by atoms with van der Waals surface area (Å²) in [6.07, 6.45) is 1.60. The van der Waals surface area contributed by atoms with Gasteiger partial charge < -0.3 is 20.1 Å². The zero-order valence-corrected chi connectivity index (χ0v) is 18.3. The minimum atomic E-state index is -0.596. The number of hydrogen-bond donors (Lipinski definition) is 2. The molecule has 1 aliphatic rings. The number of esters is 2. The maximum atomic E-state index is 13.0. The molecule has 0 saturated heterocycles. The summed E-state index contributed by atoms with van der Waals surface area (Å²) in [5.74, 6) is -1.08. The van der Waals surface area contributed by atoms with Gasteiger partial charge in [-0.05, 0) is 32.8 Å². The molecular weight excluding hydrogens is 402 g/mol. The molecule has 0 aromatic carbocycles. The molecule has 0 saturated carbocycles. The third-order valence-electron chi connectivity index (χ3n) is 4.81. The molecule has 0 radical (unpaired) electrons. The van der Waals surface area contributed by atoms with Crippen LogP contribution in [-0.4, -0.2) is 52.5 Å². The maximum absolute atomic E-state index is 13.0. The van der Waals surface area contributed by atoms with E-state index in [0.29, 0.717) is 16.6 Å². The molecule has 31 heavy (non-hydrogen) atoms. The van der Waals surface area contributed by atoms with E-state index in [-0.39, 0.29) is 43.0 Å². The van der Waals surface area contributed by atoms with Crippen LogP contribution in [0.4, 0.5) is 4.79 Å². The van der Waals surface area contributed by atoms with Crippen molar-refractivity contribution in [2.75, 3.05) is 19.8 Å². The van der Waals surface area contributed by atoms with Crippen LogP contribution in [0, 0.1) is 0 Å². The Balaban J connectivity index is 1.92. The van der Waals surface area contributed by atoms with Gasteiger partial charge in [-0.25, -0.2) is 24.0 Å². The molecule has 0 atom stereocenters. The Morgan fingerprint density at radius 1 is 1.19 bits per heavy atom. The summed E-state index contributed by atoms with van der Waals surface area (Å²) in [6.45, 7) is 9.53. The molecular formula is C21H27N5O5. The Kier molecular flexibility index (Phi) is 6.57. The molecule has 2 aromatic heterocycles. The average Bonchev–Trinajstić information content (AvgIpc) is 3.15. The molecule has 0 spiro atoms. The van der Waals surface area contributed by atoms with Crippen molar-refractivity contribution >= 4 is 29.0 Å². The number of carbonyl (C=O) groups is 3. The van der Waals surface area contributed by atoms with E-state index in [1.807, 2.05) is 27.7 Å². The van der Waals surface area contributed by atoms with Crippen LogP contribution < -0.4 is 10.6 Å². The predicted molar refractivity (Wildman–Crippen MR) is 112 cm³/mol. The van der Waals surface area contributed by atoms with Crippen molar-refractivity contribution in [2.45, 2.75) is 46.6 Å². The molecule has 3 heterocycles. The van der Waals surface area contributed by atoms with E-state index in [1.54, 1.807) is 23.9 Å². The number of fused-ring (bicyclic) bond motifs is 1. The van der Waals surface area contributed by atoms with Crippen molar-refractivity contribution in [3.63, 3.8) is 0 Å². The lowest BCUT2D eigenvalue weighted by Gasteiger charge is -2.21. The molecule has 0 unspecified atom stereocenters. The molecule has 2 N–H and O–H groups in total. The Morgan fingerprint density at radius 2 is 1.94 bits per heavy atom. The van der Waals surface area contributed by atoms with Crippen LogP contribution >= 0.6 is 0 Å². The molecule has 166 valence electrons. The van der Waals surface area contributed by atoms with Gasteiger partial charge in [0.2, 0.25) is 0 Å². The summed E-state index contributed by atoms with van der Waals surface area (Å²) < 4.78 is 12.2. The van der Waals surface area contributed by atoms with Crippen molar-refractivity contribution in [3.05, 3.63) is 34.8 Å². The highest BCUT2D eigenvalue weighted by Gasteiger charge is 2.26. The molecule has 1 aliphatic heterocycles. The molecule has 2 amide bonds. The quantitative estimate of drug-likeness (QED) is 0.648. The van der Waals surface area contributed by atoms with Gasteiger partial charge in [0.25, 0.3) is 0 Å². The number of hydrogen-bond acceptors (Lipinski definition) is 7. The number of rotatable bonds is 7. The predicted octanol–water partition coefficient (Wildman–Crippen LogP) is 2.42. The fraction of sp³-hybridized carbons (Fsp3) is 0.476. The van der Waals surface area contributed by atoms with Gasteiger partial charge in [-0.3, -0.25) is 0 Å². The second-order valence-electron chi connectivity index (χ2n) is 7.73. The number of nitrogens with one attached hydrogen (secondary N) is 2. The van der Waals surface area contributed by atoms with E-state index < -0.39 is 18.0 Å². The number of carbonyl (C=O) groups excluding carboxylic acids is 3. The number of amides is 2. The highest BCUT2D eigenvalue weighted by atomic mass is 16.5. The number of aromatic nitrogens is 3. The molecule has 10 heteroatoms.